The van der Waals surface area contributed by atoms with Gasteiger partial charge in [0.05, 0.1) is 17.5 Å². The molecular formula is C34H32N3O6Si+. The van der Waals surface area contributed by atoms with Crippen LogP contribution in [0.5, 0.6) is 0 Å². The van der Waals surface area contributed by atoms with E-state index in [0.29, 0.717) is 16.2 Å². The van der Waals surface area contributed by atoms with E-state index in [9.17, 15) is 24.3 Å². The molecule has 1 N–H and O–H groups in total. The Morgan fingerprint density at radius 2 is 1.75 bits per heavy atom. The van der Waals surface area contributed by atoms with Crippen LogP contribution in [0.3, 0.4) is 0 Å². The molecule has 0 saturated carbocycles. The first-order valence-electron chi connectivity index (χ1n) is 15.0. The highest BCUT2D eigenvalue weighted by atomic mass is 28.3. The lowest BCUT2D eigenvalue weighted by Gasteiger charge is -2.40. The lowest BCUT2D eigenvalue weighted by atomic mass is 9.86. The van der Waals surface area contributed by atoms with Gasteiger partial charge in [-0.3, -0.25) is 9.59 Å². The van der Waals surface area contributed by atoms with Crippen LogP contribution >= 0.6 is 0 Å². The van der Waals surface area contributed by atoms with Gasteiger partial charge in [-0.1, -0.05) is 18.3 Å². The summed E-state index contributed by atoms with van der Waals surface area (Å²) in [5.74, 6) is -3.21. The van der Waals surface area contributed by atoms with Crippen molar-refractivity contribution in [2.24, 2.45) is 0 Å². The monoisotopic (exact) mass is 606 g/mol. The van der Waals surface area contributed by atoms with Gasteiger partial charge in [-0.25, -0.2) is 14.2 Å². The molecule has 4 heterocycles. The minimum atomic E-state index is -2.51. The number of carboxylic acids is 1. The van der Waals surface area contributed by atoms with Gasteiger partial charge in [0.1, 0.15) is 21.2 Å². The lowest BCUT2D eigenvalue weighted by molar-refractivity contribution is -0.582. The maximum Gasteiger partial charge on any atom is 0.363 e. The van der Waals surface area contributed by atoms with Gasteiger partial charge in [0, 0.05) is 43.8 Å². The fourth-order valence-corrected chi connectivity index (χ4v) is 9.72. The normalized spacial score (nSPS) is 22.2. The topological polar surface area (TPSA) is 107 Å². The van der Waals surface area contributed by atoms with Crippen molar-refractivity contribution in [2.45, 2.75) is 32.2 Å². The Labute approximate surface area is 255 Å². The minimum Gasteiger partial charge on any atom is -0.478 e. The standard InChI is InChI=1S/C34H31N3O6Si/c1-3-44(2)28-19-22(35-14-4-15-35)7-10-25(28)32(26-11-8-23(20-29(26)44)36-16-5-17-36)27-18-21(6-9-24(27)33(40)41)34(42)43-37-30(38)12-13-31(37)39/h3,6-11,18-20H,1,4-5,12-17H2,2H3/p+1. The Hall–Kier alpha value is -4.83. The first-order valence-corrected chi connectivity index (χ1v) is 17.5. The van der Waals surface area contributed by atoms with Crippen molar-refractivity contribution in [1.29, 1.82) is 0 Å². The molecule has 222 valence electrons. The quantitative estimate of drug-likeness (QED) is 0.305. The number of allylic oxidation sites excluding steroid dienone is 5. The van der Waals surface area contributed by atoms with Gasteiger partial charge >= 0.3 is 11.9 Å². The number of anilines is 1. The number of carbonyl (C=O) groups excluding carboxylic acids is 3. The molecule has 0 radical (unpaired) electrons. The van der Waals surface area contributed by atoms with E-state index in [0.717, 1.165) is 71.9 Å². The number of fused-ring (bicyclic) bond motifs is 2. The molecule has 0 bridgehead atoms. The molecular weight excluding hydrogens is 574 g/mol. The number of imide groups is 1. The van der Waals surface area contributed by atoms with Gasteiger partial charge in [0.25, 0.3) is 11.8 Å². The van der Waals surface area contributed by atoms with Gasteiger partial charge in [-0.2, -0.15) is 0 Å². The minimum absolute atomic E-state index is 0.0222. The summed E-state index contributed by atoms with van der Waals surface area (Å²) >= 11 is 0. The molecule has 1 aliphatic carbocycles. The van der Waals surface area contributed by atoms with Crippen LogP contribution in [-0.4, -0.2) is 78.5 Å². The van der Waals surface area contributed by atoms with Gasteiger partial charge in [-0.05, 0) is 75.5 Å². The van der Waals surface area contributed by atoms with E-state index in [-0.39, 0.29) is 24.0 Å². The summed E-state index contributed by atoms with van der Waals surface area (Å²) in [6.45, 7) is 10.6. The van der Waals surface area contributed by atoms with Crippen molar-refractivity contribution in [3.05, 3.63) is 99.9 Å². The van der Waals surface area contributed by atoms with Crippen LogP contribution in [0.1, 0.15) is 57.5 Å². The van der Waals surface area contributed by atoms with E-state index < -0.39 is 31.8 Å². The number of hydrogen-bond donors (Lipinski definition) is 1. The molecule has 2 aromatic carbocycles. The van der Waals surface area contributed by atoms with E-state index in [1.165, 1.54) is 18.2 Å². The zero-order valence-electron chi connectivity index (χ0n) is 24.5. The summed E-state index contributed by atoms with van der Waals surface area (Å²) in [5.41, 5.74) is 7.32. The largest absolute Gasteiger partial charge is 0.478 e. The Balaban J connectivity index is 1.44. The molecule has 10 heteroatoms. The molecule has 44 heavy (non-hydrogen) atoms. The highest BCUT2D eigenvalue weighted by molar-refractivity contribution is 7.02. The molecule has 5 aliphatic rings. The fraction of sp³-hybridized carbons (Fsp3) is 0.265. The zero-order valence-corrected chi connectivity index (χ0v) is 25.5. The molecule has 3 fully saturated rings. The lowest BCUT2D eigenvalue weighted by Crippen LogP contribution is -2.51. The summed E-state index contributed by atoms with van der Waals surface area (Å²) in [7, 11) is -2.51. The van der Waals surface area contributed by atoms with Crippen LogP contribution in [0.25, 0.3) is 5.57 Å². The predicted octanol–water partition coefficient (Wildman–Crippen LogP) is 3.53. The van der Waals surface area contributed by atoms with Crippen molar-refractivity contribution in [3.63, 3.8) is 0 Å². The molecule has 0 aromatic heterocycles. The van der Waals surface area contributed by atoms with Gasteiger partial charge in [0.2, 0.25) is 0 Å². The van der Waals surface area contributed by atoms with Crippen LogP contribution in [0, 0.1) is 0 Å². The van der Waals surface area contributed by atoms with Crippen molar-refractivity contribution in [3.8, 4) is 0 Å². The van der Waals surface area contributed by atoms with Crippen molar-refractivity contribution in [2.75, 3.05) is 31.1 Å². The molecule has 2 amide bonds. The SMILES string of the molecule is C=C[Si]1(C)C2=CC(=[N+]3CCC3)C=CC2=C(c2cc(C(=O)ON3C(=O)CCC3=O)ccc2C(=O)O)c2ccc(N3CCC3)cc21. The molecule has 1 atom stereocenters. The second-order valence-corrected chi connectivity index (χ2v) is 15.8. The summed E-state index contributed by atoms with van der Waals surface area (Å²) in [6.07, 6.45) is 8.64. The Morgan fingerprint density at radius 3 is 2.36 bits per heavy atom. The summed E-state index contributed by atoms with van der Waals surface area (Å²) in [6, 6.07) is 10.6. The Bertz CT molecular complexity index is 1810. The van der Waals surface area contributed by atoms with E-state index in [1.807, 2.05) is 0 Å². The number of hydroxylamine groups is 2. The maximum atomic E-state index is 13.2. The van der Waals surface area contributed by atoms with Crippen LogP contribution in [0.4, 0.5) is 5.69 Å². The number of hydrogen-bond acceptors (Lipinski definition) is 6. The highest BCUT2D eigenvalue weighted by Gasteiger charge is 2.43. The summed E-state index contributed by atoms with van der Waals surface area (Å²) in [5, 5.41) is 13.1. The first-order chi connectivity index (χ1) is 21.2. The third kappa shape index (κ3) is 4.31. The molecule has 7 rings (SSSR count). The predicted molar refractivity (Wildman–Crippen MR) is 167 cm³/mol. The van der Waals surface area contributed by atoms with Crippen molar-refractivity contribution in [1.82, 2.24) is 5.06 Å². The highest BCUT2D eigenvalue weighted by Crippen LogP contribution is 2.43. The average Bonchev–Trinajstić information content (AvgIpc) is 3.28. The van der Waals surface area contributed by atoms with Crippen LogP contribution in [0.15, 0.2) is 77.7 Å². The van der Waals surface area contributed by atoms with Crippen molar-refractivity contribution >= 4 is 54.0 Å². The third-order valence-electron chi connectivity index (χ3n) is 9.45. The molecule has 9 nitrogen and oxygen atoms in total. The third-order valence-corrected chi connectivity index (χ3v) is 13.3. The van der Waals surface area contributed by atoms with Gasteiger partial charge < -0.3 is 14.8 Å². The molecule has 2 aromatic rings. The number of amides is 2. The molecule has 1 unspecified atom stereocenters. The number of rotatable bonds is 6. The smallest absolute Gasteiger partial charge is 0.363 e. The van der Waals surface area contributed by atoms with E-state index in [1.54, 1.807) is 0 Å². The Morgan fingerprint density at radius 1 is 1.00 bits per heavy atom. The van der Waals surface area contributed by atoms with Gasteiger partial charge in [0.15, 0.2) is 5.71 Å². The summed E-state index contributed by atoms with van der Waals surface area (Å²) in [4.78, 5) is 57.6. The number of carboxylic acid groups (broad SMARTS) is 1. The molecule has 0 spiro atoms. The average molecular weight is 607 g/mol. The number of benzene rings is 2. The molecule has 4 aliphatic heterocycles. The number of carbonyl (C=O) groups is 4. The van der Waals surface area contributed by atoms with Crippen LogP contribution in [0.2, 0.25) is 6.55 Å². The zero-order chi connectivity index (χ0) is 30.7. The second kappa shape index (κ2) is 10.4. The number of aromatic carboxylic acids is 1. The van der Waals surface area contributed by atoms with Crippen LogP contribution in [-0.2, 0) is 14.4 Å². The van der Waals surface area contributed by atoms with E-state index >= 15 is 0 Å². The van der Waals surface area contributed by atoms with E-state index in [4.69, 9.17) is 4.84 Å². The van der Waals surface area contributed by atoms with Gasteiger partial charge in [-0.15, -0.1) is 11.6 Å². The first kappa shape index (κ1) is 28.0. The van der Waals surface area contributed by atoms with E-state index in [2.05, 4.69) is 64.7 Å². The summed E-state index contributed by atoms with van der Waals surface area (Å²) < 4.78 is 2.34. The maximum absolute atomic E-state index is 13.2. The Kier molecular flexibility index (Phi) is 6.62. The molecule has 3 saturated heterocycles. The fourth-order valence-electron chi connectivity index (χ4n) is 6.56. The number of nitrogens with zero attached hydrogens (tertiary/aromatic N) is 3. The van der Waals surface area contributed by atoms with Crippen LogP contribution < -0.4 is 10.1 Å². The van der Waals surface area contributed by atoms with Crippen molar-refractivity contribution < 1.29 is 33.7 Å². The second-order valence-electron chi connectivity index (χ2n) is 11.9.